The highest BCUT2D eigenvalue weighted by atomic mass is 16.2. The van der Waals surface area contributed by atoms with Crippen LogP contribution >= 0.6 is 0 Å². The van der Waals surface area contributed by atoms with Crippen molar-refractivity contribution in [3.8, 4) is 0 Å². The van der Waals surface area contributed by atoms with Crippen molar-refractivity contribution in [1.82, 2.24) is 4.90 Å². The number of rotatable bonds is 5. The molecule has 0 saturated carbocycles. The van der Waals surface area contributed by atoms with Crippen molar-refractivity contribution in [3.05, 3.63) is 77.4 Å². The minimum Gasteiger partial charge on any atom is -0.339 e. The summed E-state index contributed by atoms with van der Waals surface area (Å²) >= 11 is 0. The number of benzene rings is 2. The average Bonchev–Trinajstić information content (AvgIpc) is 2.68. The molecule has 1 saturated heterocycles. The van der Waals surface area contributed by atoms with Gasteiger partial charge in [0.25, 0.3) is 0 Å². The van der Waals surface area contributed by atoms with E-state index in [1.807, 2.05) is 11.0 Å². The highest BCUT2D eigenvalue weighted by molar-refractivity contribution is 5.91. The molecule has 2 heteroatoms. The molecule has 3 rings (SSSR count). The number of hydrogen-bond donors (Lipinski definition) is 0. The lowest BCUT2D eigenvalue weighted by molar-refractivity contribution is -0.127. The van der Waals surface area contributed by atoms with Gasteiger partial charge >= 0.3 is 0 Å². The molecule has 0 atom stereocenters. The summed E-state index contributed by atoms with van der Waals surface area (Å²) in [6, 6.07) is 19.1. The van der Waals surface area contributed by atoms with E-state index in [2.05, 4.69) is 68.4 Å². The normalized spacial score (nSPS) is 15.7. The Morgan fingerprint density at radius 2 is 1.69 bits per heavy atom. The molecule has 2 aromatic rings. The van der Waals surface area contributed by atoms with Crippen LogP contribution in [0.2, 0.25) is 0 Å². The minimum absolute atomic E-state index is 0.135. The van der Waals surface area contributed by atoms with Gasteiger partial charge in [0.1, 0.15) is 0 Å². The Morgan fingerprint density at radius 3 is 2.31 bits per heavy atom. The fourth-order valence-corrected chi connectivity index (χ4v) is 3.57. The van der Waals surface area contributed by atoms with Gasteiger partial charge in [-0.25, -0.2) is 0 Å². The molecule has 1 heterocycles. The molecule has 1 aliphatic heterocycles. The van der Waals surface area contributed by atoms with Crippen LogP contribution in [0.4, 0.5) is 0 Å². The van der Waals surface area contributed by atoms with Gasteiger partial charge in [-0.15, -0.1) is 0 Å². The van der Waals surface area contributed by atoms with Gasteiger partial charge in [-0.05, 0) is 53.9 Å². The zero-order valence-corrected chi connectivity index (χ0v) is 15.9. The molecule has 2 aromatic carbocycles. The van der Waals surface area contributed by atoms with Gasteiger partial charge < -0.3 is 4.90 Å². The first-order valence-electron chi connectivity index (χ1n) is 9.72. The number of nitrogens with zero attached hydrogens (tertiary/aromatic N) is 1. The van der Waals surface area contributed by atoms with E-state index in [1.54, 1.807) is 6.08 Å². The maximum Gasteiger partial charge on any atom is 0.246 e. The van der Waals surface area contributed by atoms with Crippen LogP contribution < -0.4 is 0 Å². The number of piperidine rings is 1. The van der Waals surface area contributed by atoms with Crippen LogP contribution in [0.15, 0.2) is 60.7 Å². The van der Waals surface area contributed by atoms with Crippen LogP contribution in [0.5, 0.6) is 0 Å². The lowest BCUT2D eigenvalue weighted by atomic mass is 9.90. The predicted octanol–water partition coefficient (Wildman–Crippen LogP) is 5.30. The van der Waals surface area contributed by atoms with Crippen molar-refractivity contribution in [3.63, 3.8) is 0 Å². The van der Waals surface area contributed by atoms with Gasteiger partial charge in [-0.2, -0.15) is 0 Å². The van der Waals surface area contributed by atoms with E-state index in [0.717, 1.165) is 37.9 Å². The van der Waals surface area contributed by atoms with E-state index in [0.29, 0.717) is 11.8 Å². The molecule has 0 unspecified atom stereocenters. The van der Waals surface area contributed by atoms with Crippen molar-refractivity contribution in [2.24, 2.45) is 5.92 Å². The number of likely N-dealkylation sites (tertiary alicyclic amines) is 1. The molecular weight excluding hydrogens is 318 g/mol. The minimum atomic E-state index is 0.135. The van der Waals surface area contributed by atoms with Crippen molar-refractivity contribution in [2.75, 3.05) is 13.1 Å². The second-order valence-corrected chi connectivity index (χ2v) is 7.61. The Morgan fingerprint density at radius 1 is 1.04 bits per heavy atom. The molecule has 0 aliphatic carbocycles. The van der Waals surface area contributed by atoms with E-state index in [-0.39, 0.29) is 5.91 Å². The van der Waals surface area contributed by atoms with Gasteiger partial charge in [0.2, 0.25) is 5.91 Å². The third-order valence-electron chi connectivity index (χ3n) is 5.31. The third-order valence-corrected chi connectivity index (χ3v) is 5.31. The SMILES string of the molecule is CC(C)c1ccc(C=CC(=O)N2CCC(Cc3ccccc3)CC2)cc1. The van der Waals surface area contributed by atoms with Gasteiger partial charge in [0.05, 0.1) is 0 Å². The summed E-state index contributed by atoms with van der Waals surface area (Å²) in [7, 11) is 0. The summed E-state index contributed by atoms with van der Waals surface area (Å²) in [6.07, 6.45) is 6.97. The average molecular weight is 348 g/mol. The molecule has 1 aliphatic rings. The first kappa shape index (κ1) is 18.4. The molecule has 136 valence electrons. The van der Waals surface area contributed by atoms with Crippen LogP contribution in [0.3, 0.4) is 0 Å². The van der Waals surface area contributed by atoms with Crippen molar-refractivity contribution < 1.29 is 4.79 Å². The number of carbonyl (C=O) groups excluding carboxylic acids is 1. The maximum absolute atomic E-state index is 12.5. The van der Waals surface area contributed by atoms with Gasteiger partial charge in [-0.1, -0.05) is 68.4 Å². The maximum atomic E-state index is 12.5. The second kappa shape index (κ2) is 8.84. The quantitative estimate of drug-likeness (QED) is 0.672. The van der Waals surface area contributed by atoms with E-state index in [9.17, 15) is 4.79 Å². The molecule has 0 bridgehead atoms. The number of hydrogen-bond acceptors (Lipinski definition) is 1. The standard InChI is InChI=1S/C24H29NO/c1-19(2)23-11-8-20(9-12-23)10-13-24(26)25-16-14-22(15-17-25)18-21-6-4-3-5-7-21/h3-13,19,22H,14-18H2,1-2H3. The zero-order valence-electron chi connectivity index (χ0n) is 15.9. The van der Waals surface area contributed by atoms with E-state index < -0.39 is 0 Å². The monoisotopic (exact) mass is 347 g/mol. The Labute approximate surface area is 157 Å². The van der Waals surface area contributed by atoms with Crippen LogP contribution in [-0.4, -0.2) is 23.9 Å². The van der Waals surface area contributed by atoms with Crippen molar-refractivity contribution >= 4 is 12.0 Å². The second-order valence-electron chi connectivity index (χ2n) is 7.61. The lowest BCUT2D eigenvalue weighted by Gasteiger charge is -2.31. The van der Waals surface area contributed by atoms with Gasteiger partial charge in [0, 0.05) is 19.2 Å². The van der Waals surface area contributed by atoms with Crippen molar-refractivity contribution in [1.29, 1.82) is 0 Å². The Hall–Kier alpha value is -2.35. The fraction of sp³-hybridized carbons (Fsp3) is 0.375. The van der Waals surface area contributed by atoms with Crippen LogP contribution in [0.1, 0.15) is 49.3 Å². The Kier molecular flexibility index (Phi) is 6.27. The summed E-state index contributed by atoms with van der Waals surface area (Å²) in [5.41, 5.74) is 3.82. The molecular formula is C24H29NO. The summed E-state index contributed by atoms with van der Waals surface area (Å²) in [6.45, 7) is 6.12. The van der Waals surface area contributed by atoms with Gasteiger partial charge in [-0.3, -0.25) is 4.79 Å². The lowest BCUT2D eigenvalue weighted by Crippen LogP contribution is -2.37. The largest absolute Gasteiger partial charge is 0.339 e. The van der Waals surface area contributed by atoms with Crippen LogP contribution in [-0.2, 0) is 11.2 Å². The summed E-state index contributed by atoms with van der Waals surface area (Å²) in [5, 5.41) is 0. The van der Waals surface area contributed by atoms with Crippen molar-refractivity contribution in [2.45, 2.75) is 39.0 Å². The number of amides is 1. The highest BCUT2D eigenvalue weighted by Crippen LogP contribution is 2.22. The van der Waals surface area contributed by atoms with Gasteiger partial charge in [0.15, 0.2) is 0 Å². The topological polar surface area (TPSA) is 20.3 Å². The molecule has 0 spiro atoms. The number of carbonyl (C=O) groups is 1. The van der Waals surface area contributed by atoms with E-state index >= 15 is 0 Å². The summed E-state index contributed by atoms with van der Waals surface area (Å²) in [5.74, 6) is 1.36. The van der Waals surface area contributed by atoms with E-state index in [1.165, 1.54) is 11.1 Å². The molecule has 0 aromatic heterocycles. The molecule has 2 nitrogen and oxygen atoms in total. The molecule has 0 radical (unpaired) electrons. The smallest absolute Gasteiger partial charge is 0.246 e. The zero-order chi connectivity index (χ0) is 18.4. The highest BCUT2D eigenvalue weighted by Gasteiger charge is 2.21. The molecule has 1 amide bonds. The summed E-state index contributed by atoms with van der Waals surface area (Å²) in [4.78, 5) is 14.4. The van der Waals surface area contributed by atoms with Crippen LogP contribution in [0.25, 0.3) is 6.08 Å². The first-order valence-corrected chi connectivity index (χ1v) is 9.72. The summed E-state index contributed by atoms with van der Waals surface area (Å²) < 4.78 is 0. The molecule has 0 N–H and O–H groups in total. The first-order chi connectivity index (χ1) is 12.6. The van der Waals surface area contributed by atoms with Crippen LogP contribution in [0, 0.1) is 5.92 Å². The Balaban J connectivity index is 1.48. The third kappa shape index (κ3) is 5.08. The fourth-order valence-electron chi connectivity index (χ4n) is 3.57. The molecule has 26 heavy (non-hydrogen) atoms. The van der Waals surface area contributed by atoms with E-state index in [4.69, 9.17) is 0 Å². The predicted molar refractivity (Wildman–Crippen MR) is 109 cm³/mol. The Bertz CT molecular complexity index is 723. The molecule has 1 fully saturated rings.